The summed E-state index contributed by atoms with van der Waals surface area (Å²) in [4.78, 5) is 62.3. The Balaban J connectivity index is 1.08. The maximum Gasteiger partial charge on any atom is 0.419 e. The summed E-state index contributed by atoms with van der Waals surface area (Å²) in [5.74, 6) is -0.00870. The molecule has 1 aliphatic rings. The third-order valence-corrected chi connectivity index (χ3v) is 8.10. The number of non-ortho nitro benzene ring substituents is 1. The minimum atomic E-state index is -0.598. The Morgan fingerprint density at radius 2 is 1.67 bits per heavy atom. The third-order valence-electron chi connectivity index (χ3n) is 8.10. The zero-order chi connectivity index (χ0) is 36.8. The number of nitro groups is 1. The van der Waals surface area contributed by atoms with Crippen LogP contribution in [0, 0.1) is 17.0 Å². The van der Waals surface area contributed by atoms with Crippen molar-refractivity contribution in [3.05, 3.63) is 52.1 Å². The fourth-order valence-corrected chi connectivity index (χ4v) is 5.25. The van der Waals surface area contributed by atoms with Gasteiger partial charge in [-0.3, -0.25) is 19.7 Å². The Morgan fingerprint density at radius 1 is 0.961 bits per heavy atom. The van der Waals surface area contributed by atoms with Crippen LogP contribution in [-0.2, 0) is 35.0 Å². The van der Waals surface area contributed by atoms with E-state index in [1.807, 2.05) is 6.92 Å². The second-order valence-corrected chi connectivity index (χ2v) is 12.2. The summed E-state index contributed by atoms with van der Waals surface area (Å²) < 4.78 is 22.8. The molecule has 0 radical (unpaired) electrons. The van der Waals surface area contributed by atoms with Crippen molar-refractivity contribution in [1.82, 2.24) is 25.5 Å². The number of benzene rings is 1. The van der Waals surface area contributed by atoms with Crippen molar-refractivity contribution < 1.29 is 43.0 Å². The van der Waals surface area contributed by atoms with Gasteiger partial charge >= 0.3 is 12.1 Å². The lowest BCUT2D eigenvalue weighted by Crippen LogP contribution is -2.31. The van der Waals surface area contributed by atoms with E-state index in [1.165, 1.54) is 29.2 Å². The molecule has 0 aliphatic carbocycles. The lowest BCUT2D eigenvalue weighted by molar-refractivity contribution is -0.384. The first kappa shape index (κ1) is 40.8. The maximum atomic E-state index is 12.3. The SMILES string of the molecule is Cc1cc([N+](=O)[O-])ccc1NCC(=O)NCCc1cn(C(=O)OCCOCCOCCOCCCC(=O)CCCCCC2NC(=O)NC2C)cn1. The molecule has 3 amide bonds. The molecule has 1 saturated heterocycles. The van der Waals surface area contributed by atoms with E-state index in [0.717, 1.165) is 25.7 Å². The fourth-order valence-electron chi connectivity index (χ4n) is 5.25. The fraction of sp³-hybridized carbons (Fsp3) is 0.618. The molecule has 1 aromatic heterocycles. The molecule has 0 saturated carbocycles. The number of ether oxygens (including phenoxy) is 4. The van der Waals surface area contributed by atoms with E-state index in [1.54, 1.807) is 13.0 Å². The predicted molar refractivity (Wildman–Crippen MR) is 187 cm³/mol. The number of hydrogen-bond acceptors (Lipinski definition) is 12. The van der Waals surface area contributed by atoms with E-state index in [2.05, 4.69) is 26.3 Å². The first-order valence-electron chi connectivity index (χ1n) is 17.4. The molecule has 1 aromatic carbocycles. The van der Waals surface area contributed by atoms with Gasteiger partial charge < -0.3 is 40.2 Å². The van der Waals surface area contributed by atoms with Crippen LogP contribution in [0.15, 0.2) is 30.7 Å². The number of Topliss-reactive ketones (excluding diaryl/α,β-unsaturated/α-hetero) is 1. The number of imidazole rings is 1. The first-order valence-corrected chi connectivity index (χ1v) is 17.4. The van der Waals surface area contributed by atoms with Crippen LogP contribution in [0.2, 0.25) is 0 Å². The lowest BCUT2D eigenvalue weighted by Gasteiger charge is -2.13. The van der Waals surface area contributed by atoms with E-state index in [4.69, 9.17) is 18.9 Å². The Hall–Kier alpha value is -4.61. The van der Waals surface area contributed by atoms with Crippen LogP contribution in [0.3, 0.4) is 0 Å². The average Bonchev–Trinajstić information content (AvgIpc) is 3.70. The van der Waals surface area contributed by atoms with E-state index in [0.29, 0.717) is 82.2 Å². The van der Waals surface area contributed by atoms with Crippen molar-refractivity contribution in [3.8, 4) is 0 Å². The van der Waals surface area contributed by atoms with Gasteiger partial charge in [-0.25, -0.2) is 19.1 Å². The molecule has 17 heteroatoms. The van der Waals surface area contributed by atoms with Gasteiger partial charge in [0.05, 0.1) is 56.2 Å². The largest absolute Gasteiger partial charge is 0.446 e. The second kappa shape index (κ2) is 23.0. The zero-order valence-corrected chi connectivity index (χ0v) is 29.5. The van der Waals surface area contributed by atoms with Crippen molar-refractivity contribution in [2.45, 2.75) is 77.3 Å². The molecular weight excluding hydrogens is 666 g/mol. The number of carbonyl (C=O) groups excluding carboxylic acids is 4. The Morgan fingerprint density at radius 3 is 2.35 bits per heavy atom. The highest BCUT2D eigenvalue weighted by Gasteiger charge is 2.26. The van der Waals surface area contributed by atoms with Gasteiger partial charge in [-0.15, -0.1) is 0 Å². The number of hydrogen-bond donors (Lipinski definition) is 4. The predicted octanol–water partition coefficient (Wildman–Crippen LogP) is 3.27. The first-order chi connectivity index (χ1) is 24.6. The number of urea groups is 1. The van der Waals surface area contributed by atoms with Gasteiger partial charge in [0.25, 0.3) is 5.69 Å². The average molecular weight is 718 g/mol. The summed E-state index contributed by atoms with van der Waals surface area (Å²) in [6.07, 6.45) is 8.21. The van der Waals surface area contributed by atoms with Crippen LogP contribution in [0.25, 0.3) is 0 Å². The number of nitro benzene ring substituents is 1. The number of nitrogens with one attached hydrogen (secondary N) is 4. The number of nitrogens with zero attached hydrogens (tertiary/aromatic N) is 3. The van der Waals surface area contributed by atoms with Crippen LogP contribution in [0.5, 0.6) is 0 Å². The van der Waals surface area contributed by atoms with E-state index < -0.39 is 11.0 Å². The molecular formula is C34H51N7O10. The smallest absolute Gasteiger partial charge is 0.419 e. The number of unbranched alkanes of at least 4 members (excludes halogenated alkanes) is 2. The molecule has 2 aromatic rings. The molecule has 2 heterocycles. The molecule has 2 unspecified atom stereocenters. The quantitative estimate of drug-likeness (QED) is 0.0627. The molecule has 0 spiro atoms. The highest BCUT2D eigenvalue weighted by Crippen LogP contribution is 2.21. The maximum absolute atomic E-state index is 12.3. The van der Waals surface area contributed by atoms with Gasteiger partial charge in [0, 0.05) is 62.5 Å². The van der Waals surface area contributed by atoms with Gasteiger partial charge in [-0.2, -0.15) is 0 Å². The summed E-state index contributed by atoms with van der Waals surface area (Å²) in [5, 5.41) is 22.3. The van der Waals surface area contributed by atoms with E-state index in [9.17, 15) is 29.3 Å². The summed E-state index contributed by atoms with van der Waals surface area (Å²) >= 11 is 0. The van der Waals surface area contributed by atoms with Crippen LogP contribution in [-0.4, -0.2) is 110 Å². The number of amides is 3. The second-order valence-electron chi connectivity index (χ2n) is 12.2. The van der Waals surface area contributed by atoms with Gasteiger partial charge in [-0.05, 0) is 44.7 Å². The number of rotatable bonds is 26. The summed E-state index contributed by atoms with van der Waals surface area (Å²) in [7, 11) is 0. The van der Waals surface area contributed by atoms with Gasteiger partial charge in [0.1, 0.15) is 18.7 Å². The Bertz CT molecular complexity index is 1420. The highest BCUT2D eigenvalue weighted by atomic mass is 16.6. The van der Waals surface area contributed by atoms with Crippen molar-refractivity contribution in [3.63, 3.8) is 0 Å². The topological polar surface area (TPSA) is 214 Å². The third kappa shape index (κ3) is 16.3. The van der Waals surface area contributed by atoms with Crippen molar-refractivity contribution in [2.75, 3.05) is 64.7 Å². The molecule has 282 valence electrons. The minimum Gasteiger partial charge on any atom is -0.446 e. The zero-order valence-electron chi connectivity index (χ0n) is 29.5. The number of aromatic nitrogens is 2. The molecule has 17 nitrogen and oxygen atoms in total. The molecule has 0 bridgehead atoms. The molecule has 1 fully saturated rings. The molecule has 1 aliphatic heterocycles. The van der Waals surface area contributed by atoms with Crippen molar-refractivity contribution >= 4 is 35.2 Å². The van der Waals surface area contributed by atoms with Crippen LogP contribution < -0.4 is 21.3 Å². The van der Waals surface area contributed by atoms with Gasteiger partial charge in [0.15, 0.2) is 0 Å². The standard InChI is InChI=1S/C34H51N7O10/c1-25-21-28(41(46)47)10-11-30(25)36-22-32(43)35-13-12-27-23-40(24-37-27)34(45)51-20-19-50-18-17-49-16-15-48-14-6-8-29(42)7-4-3-5-9-31-26(2)38-33(44)39-31/h10-11,21,23-24,26,31,36H,3-9,12-20,22H2,1-2H3,(H,35,43)(H2,38,39,44). The van der Waals surface area contributed by atoms with E-state index >= 15 is 0 Å². The number of carbonyl (C=O) groups is 4. The Labute approximate surface area is 297 Å². The molecule has 4 N–H and O–H groups in total. The van der Waals surface area contributed by atoms with Gasteiger partial charge in [-0.1, -0.05) is 12.8 Å². The summed E-state index contributed by atoms with van der Waals surface area (Å²) in [5.41, 5.74) is 1.87. The number of anilines is 1. The minimum absolute atomic E-state index is 0.00180. The summed E-state index contributed by atoms with van der Waals surface area (Å²) in [6.45, 7) is 6.32. The highest BCUT2D eigenvalue weighted by molar-refractivity contribution is 5.81. The normalized spacial score (nSPS) is 15.2. The van der Waals surface area contributed by atoms with Crippen LogP contribution in [0.4, 0.5) is 21.0 Å². The summed E-state index contributed by atoms with van der Waals surface area (Å²) in [6, 6.07) is 4.59. The Kier molecular flexibility index (Phi) is 18.4. The molecule has 51 heavy (non-hydrogen) atoms. The lowest BCUT2D eigenvalue weighted by atomic mass is 10.0. The molecule has 3 rings (SSSR count). The van der Waals surface area contributed by atoms with Crippen molar-refractivity contribution in [2.24, 2.45) is 0 Å². The number of ketones is 1. The monoisotopic (exact) mass is 717 g/mol. The van der Waals surface area contributed by atoms with Gasteiger partial charge in [0.2, 0.25) is 5.91 Å². The molecule has 2 atom stereocenters. The van der Waals surface area contributed by atoms with Crippen LogP contribution in [0.1, 0.15) is 63.1 Å². The van der Waals surface area contributed by atoms with Crippen molar-refractivity contribution in [1.29, 1.82) is 0 Å². The van der Waals surface area contributed by atoms with E-state index in [-0.39, 0.29) is 55.3 Å². The number of aryl methyl sites for hydroxylation is 1. The van der Waals surface area contributed by atoms with Crippen LogP contribution >= 0.6 is 0 Å².